The van der Waals surface area contributed by atoms with Crippen LogP contribution in [0.4, 0.5) is 0 Å². The van der Waals surface area contributed by atoms with Crippen molar-refractivity contribution in [2.75, 3.05) is 6.61 Å². The van der Waals surface area contributed by atoms with Gasteiger partial charge in [0.25, 0.3) is 0 Å². The predicted octanol–water partition coefficient (Wildman–Crippen LogP) is 2.82. The molecule has 0 saturated carbocycles. The summed E-state index contributed by atoms with van der Waals surface area (Å²) in [4.78, 5) is 4.40. The molecule has 17 heavy (non-hydrogen) atoms. The molecule has 0 aliphatic rings. The van der Waals surface area contributed by atoms with Crippen LogP contribution in [-0.2, 0) is 6.42 Å². The van der Waals surface area contributed by atoms with Crippen LogP contribution in [0.3, 0.4) is 0 Å². The molecule has 4 heteroatoms. The first-order valence-electron chi connectivity index (χ1n) is 5.98. The van der Waals surface area contributed by atoms with Gasteiger partial charge in [0.05, 0.1) is 6.61 Å². The number of rotatable bonds is 5. The number of aromatic nitrogens is 3. The van der Waals surface area contributed by atoms with Crippen LogP contribution >= 0.6 is 0 Å². The third-order valence-electron chi connectivity index (χ3n) is 2.43. The molecule has 0 aliphatic carbocycles. The van der Waals surface area contributed by atoms with Gasteiger partial charge in [-0.2, -0.15) is 5.10 Å². The molecule has 4 nitrogen and oxygen atoms in total. The number of H-pyrrole nitrogens is 1. The van der Waals surface area contributed by atoms with Gasteiger partial charge in [-0.15, -0.1) is 0 Å². The van der Waals surface area contributed by atoms with E-state index in [9.17, 15) is 0 Å². The van der Waals surface area contributed by atoms with Gasteiger partial charge in [0.2, 0.25) is 0 Å². The molecule has 1 N–H and O–H groups in total. The standard InChI is InChI=1S/C13H17N3O/c1-3-8-17-11-7-5-6-10(9-11)13-14-12(4-2)15-16-13/h5-7,9H,3-4,8H2,1-2H3,(H,14,15,16). The molecule has 0 spiro atoms. The molecule has 0 amide bonds. The Morgan fingerprint density at radius 2 is 2.18 bits per heavy atom. The zero-order chi connectivity index (χ0) is 12.1. The Balaban J connectivity index is 2.20. The maximum Gasteiger partial charge on any atom is 0.181 e. The average Bonchev–Trinajstić information content (AvgIpc) is 2.85. The lowest BCUT2D eigenvalue weighted by Gasteiger charge is -2.04. The van der Waals surface area contributed by atoms with E-state index in [1.165, 1.54) is 0 Å². The van der Waals surface area contributed by atoms with Gasteiger partial charge < -0.3 is 4.74 Å². The Morgan fingerprint density at radius 1 is 1.29 bits per heavy atom. The van der Waals surface area contributed by atoms with Crippen LogP contribution in [0.5, 0.6) is 5.75 Å². The molecule has 1 heterocycles. The fourth-order valence-electron chi connectivity index (χ4n) is 1.53. The van der Waals surface area contributed by atoms with Crippen LogP contribution in [-0.4, -0.2) is 21.8 Å². The second kappa shape index (κ2) is 5.48. The van der Waals surface area contributed by atoms with Crippen molar-refractivity contribution >= 4 is 0 Å². The quantitative estimate of drug-likeness (QED) is 0.860. The van der Waals surface area contributed by atoms with Gasteiger partial charge in [-0.3, -0.25) is 5.10 Å². The fourth-order valence-corrected chi connectivity index (χ4v) is 1.53. The van der Waals surface area contributed by atoms with Crippen molar-refractivity contribution in [3.05, 3.63) is 30.1 Å². The second-order valence-electron chi connectivity index (χ2n) is 3.84. The molecular formula is C13H17N3O. The van der Waals surface area contributed by atoms with Gasteiger partial charge in [-0.05, 0) is 18.6 Å². The van der Waals surface area contributed by atoms with Crippen LogP contribution in [0.2, 0.25) is 0 Å². The SMILES string of the molecule is CCCOc1cccc(-c2n[nH]c(CC)n2)c1. The smallest absolute Gasteiger partial charge is 0.181 e. The summed E-state index contributed by atoms with van der Waals surface area (Å²) < 4.78 is 5.58. The topological polar surface area (TPSA) is 50.8 Å². The molecule has 0 saturated heterocycles. The van der Waals surface area contributed by atoms with Crippen molar-refractivity contribution in [2.45, 2.75) is 26.7 Å². The first kappa shape index (κ1) is 11.6. The number of aryl methyl sites for hydroxylation is 1. The fraction of sp³-hybridized carbons (Fsp3) is 0.385. The predicted molar refractivity (Wildman–Crippen MR) is 67.0 cm³/mol. The van der Waals surface area contributed by atoms with Gasteiger partial charge >= 0.3 is 0 Å². The number of ether oxygens (including phenoxy) is 1. The van der Waals surface area contributed by atoms with E-state index in [-0.39, 0.29) is 0 Å². The minimum Gasteiger partial charge on any atom is -0.494 e. The zero-order valence-electron chi connectivity index (χ0n) is 10.2. The third-order valence-corrected chi connectivity index (χ3v) is 2.43. The lowest BCUT2D eigenvalue weighted by Crippen LogP contribution is -1.95. The van der Waals surface area contributed by atoms with E-state index in [1.54, 1.807) is 0 Å². The molecule has 90 valence electrons. The normalized spacial score (nSPS) is 10.5. The number of nitrogens with zero attached hydrogens (tertiary/aromatic N) is 2. The van der Waals surface area contributed by atoms with E-state index >= 15 is 0 Å². The number of hydrogen-bond donors (Lipinski definition) is 1. The van der Waals surface area contributed by atoms with Crippen molar-refractivity contribution in [1.82, 2.24) is 15.2 Å². The molecule has 0 radical (unpaired) electrons. The summed E-state index contributed by atoms with van der Waals surface area (Å²) >= 11 is 0. The highest BCUT2D eigenvalue weighted by Crippen LogP contribution is 2.21. The molecule has 0 atom stereocenters. The maximum atomic E-state index is 5.58. The van der Waals surface area contributed by atoms with Crippen molar-refractivity contribution in [1.29, 1.82) is 0 Å². The third kappa shape index (κ3) is 2.84. The van der Waals surface area contributed by atoms with Gasteiger partial charge in [-0.25, -0.2) is 4.98 Å². The largest absolute Gasteiger partial charge is 0.494 e. The van der Waals surface area contributed by atoms with Crippen LogP contribution < -0.4 is 4.74 Å². The van der Waals surface area contributed by atoms with E-state index in [1.807, 2.05) is 31.2 Å². The minimum atomic E-state index is 0.726. The Morgan fingerprint density at radius 3 is 2.88 bits per heavy atom. The summed E-state index contributed by atoms with van der Waals surface area (Å²) in [6, 6.07) is 7.87. The van der Waals surface area contributed by atoms with E-state index in [2.05, 4.69) is 22.1 Å². The molecule has 0 aliphatic heterocycles. The molecular weight excluding hydrogens is 214 g/mol. The molecule has 2 rings (SSSR count). The molecule has 0 bridgehead atoms. The average molecular weight is 231 g/mol. The number of aromatic amines is 1. The Hall–Kier alpha value is -1.84. The van der Waals surface area contributed by atoms with E-state index < -0.39 is 0 Å². The Kier molecular flexibility index (Phi) is 3.75. The molecule has 2 aromatic rings. The van der Waals surface area contributed by atoms with Crippen LogP contribution in [0.15, 0.2) is 24.3 Å². The number of hydrogen-bond acceptors (Lipinski definition) is 3. The van der Waals surface area contributed by atoms with Crippen molar-refractivity contribution < 1.29 is 4.74 Å². The second-order valence-corrected chi connectivity index (χ2v) is 3.84. The highest BCUT2D eigenvalue weighted by atomic mass is 16.5. The summed E-state index contributed by atoms with van der Waals surface area (Å²) in [7, 11) is 0. The Labute approximate surface area is 101 Å². The number of benzene rings is 1. The monoisotopic (exact) mass is 231 g/mol. The summed E-state index contributed by atoms with van der Waals surface area (Å²) in [5.41, 5.74) is 0.981. The summed E-state index contributed by atoms with van der Waals surface area (Å²) in [5, 5.41) is 7.10. The van der Waals surface area contributed by atoms with E-state index in [0.717, 1.165) is 42.4 Å². The minimum absolute atomic E-state index is 0.726. The molecule has 1 aromatic carbocycles. The maximum absolute atomic E-state index is 5.58. The molecule has 0 fully saturated rings. The van der Waals surface area contributed by atoms with Gasteiger partial charge in [-0.1, -0.05) is 26.0 Å². The van der Waals surface area contributed by atoms with E-state index in [4.69, 9.17) is 4.74 Å². The van der Waals surface area contributed by atoms with Crippen molar-refractivity contribution in [2.24, 2.45) is 0 Å². The first-order chi connectivity index (χ1) is 8.33. The highest BCUT2D eigenvalue weighted by Gasteiger charge is 2.05. The lowest BCUT2D eigenvalue weighted by atomic mass is 10.2. The first-order valence-corrected chi connectivity index (χ1v) is 5.98. The Bertz CT molecular complexity index is 479. The van der Waals surface area contributed by atoms with Gasteiger partial charge in [0, 0.05) is 12.0 Å². The van der Waals surface area contributed by atoms with Crippen LogP contribution in [0.1, 0.15) is 26.1 Å². The van der Waals surface area contributed by atoms with Crippen molar-refractivity contribution in [3.8, 4) is 17.1 Å². The number of nitrogens with one attached hydrogen (secondary N) is 1. The summed E-state index contributed by atoms with van der Waals surface area (Å²) in [6.45, 7) is 4.87. The van der Waals surface area contributed by atoms with Gasteiger partial charge in [0.1, 0.15) is 11.6 Å². The zero-order valence-corrected chi connectivity index (χ0v) is 10.2. The summed E-state index contributed by atoms with van der Waals surface area (Å²) in [6.07, 6.45) is 1.86. The van der Waals surface area contributed by atoms with Crippen LogP contribution in [0, 0.1) is 0 Å². The summed E-state index contributed by atoms with van der Waals surface area (Å²) in [5.74, 6) is 2.50. The molecule has 0 unspecified atom stereocenters. The van der Waals surface area contributed by atoms with Crippen molar-refractivity contribution in [3.63, 3.8) is 0 Å². The molecule has 1 aromatic heterocycles. The van der Waals surface area contributed by atoms with E-state index in [0.29, 0.717) is 0 Å². The highest BCUT2D eigenvalue weighted by molar-refractivity contribution is 5.57. The lowest BCUT2D eigenvalue weighted by molar-refractivity contribution is 0.317. The van der Waals surface area contributed by atoms with Gasteiger partial charge in [0.15, 0.2) is 5.82 Å². The van der Waals surface area contributed by atoms with Crippen LogP contribution in [0.25, 0.3) is 11.4 Å².